The number of aliphatic hydroxyl groups excluding tert-OH is 2. The van der Waals surface area contributed by atoms with Gasteiger partial charge < -0.3 is 19.7 Å². The number of ether oxygens (including phenoxy) is 2. The van der Waals surface area contributed by atoms with Gasteiger partial charge in [0.05, 0.1) is 20.3 Å². The molecule has 0 unspecified atom stereocenters. The van der Waals surface area contributed by atoms with Gasteiger partial charge in [0.15, 0.2) is 28.7 Å². The fourth-order valence-corrected chi connectivity index (χ4v) is 9.34. The van der Waals surface area contributed by atoms with Gasteiger partial charge in [0.25, 0.3) is 0 Å². The number of benzene rings is 1. The topological polar surface area (TPSA) is 106 Å². The molecule has 1 aromatic rings. The number of Topliss-reactive ketones (excluding diaryl/α,β-unsaturated/α-hetero) is 1. The van der Waals surface area contributed by atoms with Crippen LogP contribution in [0, 0.1) is 34.5 Å². The molecule has 1 aliphatic heterocycles. The van der Waals surface area contributed by atoms with Crippen molar-refractivity contribution in [2.45, 2.75) is 57.8 Å². The first-order valence-corrected chi connectivity index (χ1v) is 14.0. The van der Waals surface area contributed by atoms with Crippen LogP contribution in [0.2, 0.25) is 0 Å². The molecule has 8 heteroatoms. The molecule has 8 atom stereocenters. The van der Waals surface area contributed by atoms with Crippen molar-refractivity contribution in [1.82, 2.24) is 5.06 Å². The van der Waals surface area contributed by atoms with Crippen LogP contribution in [-0.4, -0.2) is 65.9 Å². The number of ketones is 2. The Morgan fingerprint density at radius 3 is 2.69 bits per heavy atom. The summed E-state index contributed by atoms with van der Waals surface area (Å²) in [4.78, 5) is 32.5. The first kappa shape index (κ1) is 26.7. The van der Waals surface area contributed by atoms with Crippen molar-refractivity contribution in [2.75, 3.05) is 27.4 Å². The molecule has 4 aliphatic carbocycles. The minimum Gasteiger partial charge on any atom is -0.493 e. The highest BCUT2D eigenvalue weighted by atomic mass is 16.7. The third-order valence-electron chi connectivity index (χ3n) is 10.9. The fraction of sp³-hybridized carbons (Fsp3) is 0.613. The molecule has 8 nitrogen and oxygen atoms in total. The first-order valence-electron chi connectivity index (χ1n) is 14.0. The highest BCUT2D eigenvalue weighted by molar-refractivity contribution is 6.01. The van der Waals surface area contributed by atoms with Crippen molar-refractivity contribution < 1.29 is 34.1 Å². The number of fused-ring (bicyclic) bond motifs is 7. The van der Waals surface area contributed by atoms with Gasteiger partial charge in [-0.15, -0.1) is 0 Å². The Hall–Kier alpha value is -2.52. The summed E-state index contributed by atoms with van der Waals surface area (Å²) >= 11 is 0. The van der Waals surface area contributed by atoms with Crippen molar-refractivity contribution in [3.05, 3.63) is 47.6 Å². The zero-order valence-corrected chi connectivity index (χ0v) is 23.2. The summed E-state index contributed by atoms with van der Waals surface area (Å²) in [5.74, 6) is 1.22. The lowest BCUT2D eigenvalue weighted by molar-refractivity contribution is -0.254. The van der Waals surface area contributed by atoms with Crippen LogP contribution < -0.4 is 9.47 Å². The molecule has 0 aromatic heterocycles. The van der Waals surface area contributed by atoms with E-state index in [1.807, 2.05) is 29.3 Å². The first-order chi connectivity index (χ1) is 18.6. The van der Waals surface area contributed by atoms with Crippen molar-refractivity contribution in [3.63, 3.8) is 0 Å². The van der Waals surface area contributed by atoms with Gasteiger partial charge in [0.1, 0.15) is 6.61 Å². The largest absolute Gasteiger partial charge is 0.493 e. The molecule has 2 N–H and O–H groups in total. The molecular formula is C31H39NO7. The van der Waals surface area contributed by atoms with Gasteiger partial charge in [-0.25, -0.2) is 0 Å². The molecular weight excluding hydrogens is 498 g/mol. The zero-order chi connectivity index (χ0) is 27.7. The van der Waals surface area contributed by atoms with Crippen LogP contribution in [0.3, 0.4) is 0 Å². The molecule has 1 aromatic carbocycles. The van der Waals surface area contributed by atoms with E-state index in [1.54, 1.807) is 26.4 Å². The van der Waals surface area contributed by atoms with Crippen LogP contribution in [0.25, 0.3) is 0 Å². The molecule has 1 saturated heterocycles. The lowest BCUT2D eigenvalue weighted by Gasteiger charge is -2.59. The Balaban J connectivity index is 1.32. The number of hydrogen-bond acceptors (Lipinski definition) is 8. The smallest absolute Gasteiger partial charge is 0.192 e. The lowest BCUT2D eigenvalue weighted by Crippen LogP contribution is -2.63. The van der Waals surface area contributed by atoms with Gasteiger partial charge in [-0.05, 0) is 67.4 Å². The minimum atomic E-state index is -1.19. The van der Waals surface area contributed by atoms with Crippen molar-refractivity contribution in [2.24, 2.45) is 34.5 Å². The average molecular weight is 538 g/mol. The molecule has 4 fully saturated rings. The SMILES string of the molecule is COc1ccc(CN2C[C@@H]3C[C@H]4[C@@H]5CCC6=CC(=O)C=C[C@]6(C)[C@H]5[C@@H](O)C[C@]4(C)[C@]3(C(=O)CO)O2)cc1OC. The number of methoxy groups -OCH3 is 2. The number of nitrogens with zero attached hydrogens (tertiary/aromatic N) is 1. The Morgan fingerprint density at radius 2 is 1.97 bits per heavy atom. The van der Waals surface area contributed by atoms with Gasteiger partial charge in [-0.1, -0.05) is 31.6 Å². The quantitative estimate of drug-likeness (QED) is 0.570. The van der Waals surface area contributed by atoms with Crippen LogP contribution in [0.5, 0.6) is 11.5 Å². The number of carbonyl (C=O) groups excluding carboxylic acids is 2. The molecule has 0 radical (unpaired) electrons. The van der Waals surface area contributed by atoms with Gasteiger partial charge in [-0.2, -0.15) is 5.06 Å². The van der Waals surface area contributed by atoms with Crippen molar-refractivity contribution >= 4 is 11.6 Å². The van der Waals surface area contributed by atoms with Gasteiger partial charge in [0, 0.05) is 35.8 Å². The van der Waals surface area contributed by atoms with Gasteiger partial charge in [0.2, 0.25) is 0 Å². The van der Waals surface area contributed by atoms with Gasteiger partial charge >= 0.3 is 0 Å². The Morgan fingerprint density at radius 1 is 1.21 bits per heavy atom. The van der Waals surface area contributed by atoms with E-state index in [1.165, 1.54) is 0 Å². The van der Waals surface area contributed by atoms with E-state index in [2.05, 4.69) is 13.8 Å². The Bertz CT molecular complexity index is 1260. The van der Waals surface area contributed by atoms with Crippen molar-refractivity contribution in [3.8, 4) is 11.5 Å². The molecule has 1 heterocycles. The van der Waals surface area contributed by atoms with E-state index < -0.39 is 23.7 Å². The fourth-order valence-electron chi connectivity index (χ4n) is 9.34. The van der Waals surface area contributed by atoms with E-state index >= 15 is 0 Å². The normalized spacial score (nSPS) is 40.8. The lowest BCUT2D eigenvalue weighted by atomic mass is 9.46. The summed E-state index contributed by atoms with van der Waals surface area (Å²) in [7, 11) is 3.20. The summed E-state index contributed by atoms with van der Waals surface area (Å²) in [5, 5.41) is 23.8. The zero-order valence-electron chi connectivity index (χ0n) is 23.2. The molecule has 0 bridgehead atoms. The number of rotatable bonds is 6. The maximum absolute atomic E-state index is 13.7. The molecule has 6 rings (SSSR count). The third-order valence-corrected chi connectivity index (χ3v) is 10.9. The van der Waals surface area contributed by atoms with E-state index in [4.69, 9.17) is 14.3 Å². The molecule has 3 saturated carbocycles. The number of allylic oxidation sites excluding steroid dienone is 4. The van der Waals surface area contributed by atoms with E-state index in [9.17, 15) is 19.8 Å². The average Bonchev–Trinajstić information content (AvgIpc) is 3.40. The van der Waals surface area contributed by atoms with Crippen LogP contribution in [0.15, 0.2) is 42.0 Å². The highest BCUT2D eigenvalue weighted by Gasteiger charge is 2.75. The Kier molecular flexibility index (Phi) is 6.34. The summed E-state index contributed by atoms with van der Waals surface area (Å²) in [6, 6.07) is 5.72. The summed E-state index contributed by atoms with van der Waals surface area (Å²) in [6.07, 6.45) is 7.63. The molecule has 210 valence electrons. The monoisotopic (exact) mass is 537 g/mol. The Labute approximate surface area is 229 Å². The summed E-state index contributed by atoms with van der Waals surface area (Å²) < 4.78 is 10.8. The summed E-state index contributed by atoms with van der Waals surface area (Å²) in [5.41, 5.74) is -0.122. The number of aliphatic hydroxyl groups is 2. The van der Waals surface area contributed by atoms with Gasteiger partial charge in [-0.3, -0.25) is 14.4 Å². The van der Waals surface area contributed by atoms with Crippen LogP contribution >= 0.6 is 0 Å². The second-order valence-electron chi connectivity index (χ2n) is 12.6. The van der Waals surface area contributed by atoms with Crippen molar-refractivity contribution in [1.29, 1.82) is 0 Å². The van der Waals surface area contributed by atoms with Crippen LogP contribution in [-0.2, 0) is 21.0 Å². The standard InChI is InChI=1S/C31H39NO7/c1-29-10-9-21(34)12-19(29)6-7-22-23-13-20-16-32(15-18-5-8-25(37-3)26(11-18)38-4)39-31(20,27(36)17-33)30(23,2)14-24(35)28(22)29/h5,8-12,20,22-24,28,33,35H,6-7,13-17H2,1-4H3/t20-,22-,23-,24-,28+,29-,30-,31-/m0/s1. The minimum absolute atomic E-state index is 0.0157. The van der Waals surface area contributed by atoms with E-state index in [0.29, 0.717) is 31.0 Å². The number of hydrogen-bond donors (Lipinski definition) is 2. The number of carbonyl (C=O) groups is 2. The predicted octanol–water partition coefficient (Wildman–Crippen LogP) is 3.26. The molecule has 5 aliphatic rings. The second-order valence-corrected chi connectivity index (χ2v) is 12.6. The third kappa shape index (κ3) is 3.64. The highest BCUT2D eigenvalue weighted by Crippen LogP contribution is 2.70. The molecule has 0 amide bonds. The van der Waals surface area contributed by atoms with Crippen LogP contribution in [0.4, 0.5) is 0 Å². The predicted molar refractivity (Wildman–Crippen MR) is 143 cm³/mol. The molecule has 39 heavy (non-hydrogen) atoms. The van der Waals surface area contributed by atoms with Crippen LogP contribution in [0.1, 0.15) is 45.1 Å². The second kappa shape index (κ2) is 9.26. The number of hydroxylamine groups is 2. The summed E-state index contributed by atoms with van der Waals surface area (Å²) in [6.45, 7) is 4.67. The maximum atomic E-state index is 13.7. The molecule has 0 spiro atoms. The van der Waals surface area contributed by atoms with E-state index in [-0.39, 0.29) is 40.7 Å². The maximum Gasteiger partial charge on any atom is 0.192 e. The van der Waals surface area contributed by atoms with E-state index in [0.717, 1.165) is 30.4 Å².